The van der Waals surface area contributed by atoms with Crippen LogP contribution in [-0.4, -0.2) is 20.4 Å². The number of carbonyl (C=O) groups is 1. The van der Waals surface area contributed by atoms with E-state index in [1.807, 2.05) is 6.07 Å². The lowest BCUT2D eigenvalue weighted by Crippen LogP contribution is -2.36. The van der Waals surface area contributed by atoms with Gasteiger partial charge in [0, 0.05) is 19.0 Å². The maximum absolute atomic E-state index is 13.6. The Bertz CT molecular complexity index is 1540. The molecule has 0 spiro atoms. The minimum Gasteiger partial charge on any atom is -0.349 e. The van der Waals surface area contributed by atoms with Crippen LogP contribution >= 0.6 is 0 Å². The van der Waals surface area contributed by atoms with Gasteiger partial charge in [-0.05, 0) is 84.7 Å². The van der Waals surface area contributed by atoms with Gasteiger partial charge in [-0.25, -0.2) is 17.5 Å². The van der Waals surface area contributed by atoms with E-state index in [0.29, 0.717) is 17.7 Å². The highest BCUT2D eigenvalue weighted by Gasteiger charge is 2.33. The summed E-state index contributed by atoms with van der Waals surface area (Å²) in [6.45, 7) is 0.792. The predicted octanol–water partition coefficient (Wildman–Crippen LogP) is 6.48. The quantitative estimate of drug-likeness (QED) is 0.227. The summed E-state index contributed by atoms with van der Waals surface area (Å²) in [5.74, 6) is -0.991. The Labute approximate surface area is 249 Å². The highest BCUT2D eigenvalue weighted by molar-refractivity contribution is 7.89. The van der Waals surface area contributed by atoms with Gasteiger partial charge in [0.15, 0.2) is 0 Å². The first-order chi connectivity index (χ1) is 20.5. The van der Waals surface area contributed by atoms with Crippen LogP contribution in [0.5, 0.6) is 0 Å². The molecule has 0 heterocycles. The van der Waals surface area contributed by atoms with Crippen LogP contribution < -0.4 is 15.4 Å². The summed E-state index contributed by atoms with van der Waals surface area (Å²) in [5.41, 5.74) is 2.57. The zero-order valence-corrected chi connectivity index (χ0v) is 24.4. The molecule has 0 unspecified atom stereocenters. The van der Waals surface area contributed by atoms with Gasteiger partial charge in [-0.2, -0.15) is 13.2 Å². The number of aryl methyl sites for hydroxylation is 1. The normalized spacial score (nSPS) is 18.3. The van der Waals surface area contributed by atoms with Gasteiger partial charge in [0.05, 0.1) is 22.5 Å². The first kappa shape index (κ1) is 31.2. The van der Waals surface area contributed by atoms with Gasteiger partial charge >= 0.3 is 6.18 Å². The summed E-state index contributed by atoms with van der Waals surface area (Å²) >= 11 is 0. The number of hydrogen-bond donors (Lipinski definition) is 3. The molecule has 0 aliphatic heterocycles. The molecule has 5 rings (SSSR count). The van der Waals surface area contributed by atoms with Gasteiger partial charge in [0.25, 0.3) is 0 Å². The molecule has 43 heavy (non-hydrogen) atoms. The van der Waals surface area contributed by atoms with Crippen LogP contribution in [0, 0.1) is 5.82 Å². The number of rotatable bonds is 10. The Morgan fingerprint density at radius 3 is 2.40 bits per heavy atom. The van der Waals surface area contributed by atoms with Gasteiger partial charge in [0.1, 0.15) is 5.82 Å². The summed E-state index contributed by atoms with van der Waals surface area (Å²) < 4.78 is 82.1. The molecular weight excluding hydrogens is 582 g/mol. The lowest BCUT2D eigenvalue weighted by Gasteiger charge is -2.28. The summed E-state index contributed by atoms with van der Waals surface area (Å²) in [5, 5.41) is 6.65. The number of amides is 1. The molecule has 0 saturated heterocycles. The molecule has 3 N–H and O–H groups in total. The molecule has 1 fully saturated rings. The van der Waals surface area contributed by atoms with Crippen molar-refractivity contribution in [2.24, 2.45) is 0 Å². The first-order valence-corrected chi connectivity index (χ1v) is 16.1. The number of halogens is 4. The molecule has 3 aromatic carbocycles. The van der Waals surface area contributed by atoms with Crippen LogP contribution in [0.3, 0.4) is 0 Å². The highest BCUT2D eigenvalue weighted by atomic mass is 32.2. The molecule has 230 valence electrons. The Morgan fingerprint density at radius 1 is 0.930 bits per heavy atom. The average Bonchev–Trinajstić information content (AvgIpc) is 3.50. The fourth-order valence-electron chi connectivity index (χ4n) is 5.98. The number of hydrogen-bond acceptors (Lipinski definition) is 4. The lowest BCUT2D eigenvalue weighted by molar-refractivity contribution is -0.137. The van der Waals surface area contributed by atoms with Crippen LogP contribution in [0.1, 0.15) is 84.8 Å². The second kappa shape index (κ2) is 13.2. The number of benzene rings is 3. The van der Waals surface area contributed by atoms with Crippen LogP contribution in [0.4, 0.5) is 17.6 Å². The van der Waals surface area contributed by atoms with E-state index in [-0.39, 0.29) is 12.5 Å². The molecule has 1 amide bonds. The molecule has 0 radical (unpaired) electrons. The largest absolute Gasteiger partial charge is 0.416 e. The van der Waals surface area contributed by atoms with Gasteiger partial charge < -0.3 is 10.6 Å². The summed E-state index contributed by atoms with van der Waals surface area (Å²) in [4.78, 5) is 12.7. The van der Waals surface area contributed by atoms with E-state index in [2.05, 4.69) is 27.5 Å². The van der Waals surface area contributed by atoms with E-state index < -0.39 is 44.4 Å². The SMILES string of the molecule is O=C(C[C@@H](NS(=O)(=O)c1cccc(C(F)(F)F)c1)c1ccc(F)cc1)N[C@@H]1CCCc2cc(CNC3CCCC3)ccc21. The zero-order chi connectivity index (χ0) is 30.6. The molecular formula is C32H35F4N3O3S. The zero-order valence-electron chi connectivity index (χ0n) is 23.6. The molecule has 2 atom stereocenters. The topological polar surface area (TPSA) is 87.3 Å². The smallest absolute Gasteiger partial charge is 0.349 e. The van der Waals surface area contributed by atoms with Crippen molar-refractivity contribution in [1.29, 1.82) is 0 Å². The third-order valence-corrected chi connectivity index (χ3v) is 9.71. The monoisotopic (exact) mass is 617 g/mol. The van der Waals surface area contributed by atoms with Crippen molar-refractivity contribution in [2.45, 2.75) is 87.1 Å². The third-order valence-electron chi connectivity index (χ3n) is 8.24. The van der Waals surface area contributed by atoms with Crippen molar-refractivity contribution in [3.63, 3.8) is 0 Å². The second-order valence-corrected chi connectivity index (χ2v) is 13.1. The van der Waals surface area contributed by atoms with Gasteiger partial charge in [0.2, 0.25) is 15.9 Å². The van der Waals surface area contributed by atoms with E-state index >= 15 is 0 Å². The average molecular weight is 618 g/mol. The summed E-state index contributed by atoms with van der Waals surface area (Å²) in [6, 6.07) is 13.8. The van der Waals surface area contributed by atoms with E-state index in [1.54, 1.807) is 0 Å². The minimum absolute atomic E-state index is 0.262. The number of nitrogens with one attached hydrogen (secondary N) is 3. The number of alkyl halides is 3. The molecule has 0 aromatic heterocycles. The van der Waals surface area contributed by atoms with E-state index in [9.17, 15) is 30.8 Å². The Kier molecular flexibility index (Phi) is 9.53. The van der Waals surface area contributed by atoms with E-state index in [4.69, 9.17) is 0 Å². The van der Waals surface area contributed by atoms with Crippen LogP contribution in [0.25, 0.3) is 0 Å². The maximum Gasteiger partial charge on any atom is 0.416 e. The van der Waals surface area contributed by atoms with Crippen molar-refractivity contribution < 1.29 is 30.8 Å². The van der Waals surface area contributed by atoms with Gasteiger partial charge in [-0.1, -0.05) is 49.2 Å². The van der Waals surface area contributed by atoms with Crippen molar-refractivity contribution in [3.05, 3.63) is 100 Å². The minimum atomic E-state index is -4.73. The molecule has 1 saturated carbocycles. The van der Waals surface area contributed by atoms with Crippen molar-refractivity contribution >= 4 is 15.9 Å². The number of carbonyl (C=O) groups excluding carboxylic acids is 1. The van der Waals surface area contributed by atoms with Crippen LogP contribution in [0.15, 0.2) is 71.6 Å². The molecule has 3 aromatic rings. The van der Waals surface area contributed by atoms with Crippen LogP contribution in [-0.2, 0) is 34.0 Å². The number of sulfonamides is 1. The fourth-order valence-corrected chi connectivity index (χ4v) is 7.25. The van der Waals surface area contributed by atoms with Gasteiger partial charge in [-0.3, -0.25) is 4.79 Å². The van der Waals surface area contributed by atoms with E-state index in [1.165, 1.54) is 48.9 Å². The Hall–Kier alpha value is -3.28. The summed E-state index contributed by atoms with van der Waals surface area (Å²) in [6.07, 6.45) is 2.35. The third kappa shape index (κ3) is 8.01. The first-order valence-electron chi connectivity index (χ1n) is 14.6. The van der Waals surface area contributed by atoms with E-state index in [0.717, 1.165) is 61.7 Å². The van der Waals surface area contributed by atoms with Gasteiger partial charge in [-0.15, -0.1) is 0 Å². The van der Waals surface area contributed by atoms with Crippen LogP contribution in [0.2, 0.25) is 0 Å². The number of fused-ring (bicyclic) bond motifs is 1. The molecule has 2 aliphatic rings. The fraction of sp³-hybridized carbons (Fsp3) is 0.406. The van der Waals surface area contributed by atoms with Crippen molar-refractivity contribution in [1.82, 2.24) is 15.4 Å². The maximum atomic E-state index is 13.6. The molecule has 11 heteroatoms. The molecule has 2 aliphatic carbocycles. The predicted molar refractivity (Wildman–Crippen MR) is 155 cm³/mol. The highest BCUT2D eigenvalue weighted by Crippen LogP contribution is 2.33. The molecule has 0 bridgehead atoms. The second-order valence-electron chi connectivity index (χ2n) is 11.4. The summed E-state index contributed by atoms with van der Waals surface area (Å²) in [7, 11) is -4.47. The lowest BCUT2D eigenvalue weighted by atomic mass is 9.86. The van der Waals surface area contributed by atoms with Crippen molar-refractivity contribution in [2.75, 3.05) is 0 Å². The van der Waals surface area contributed by atoms with Crippen molar-refractivity contribution in [3.8, 4) is 0 Å². The standard InChI is InChI=1S/C32H35F4N3O3S/c33-25-14-12-22(13-15-25)30(39-43(41,42)27-9-4-6-24(18-27)32(34,35)36)19-31(40)38-29-10-3-5-23-17-21(11-16-28(23)29)20-37-26-7-1-2-8-26/h4,6,9,11-18,26,29-30,37,39H,1-3,5,7-8,10,19-20H2,(H,38,40)/t29-,30-/m1/s1. The Morgan fingerprint density at radius 2 is 1.67 bits per heavy atom. The molecule has 6 nitrogen and oxygen atoms in total. The Balaban J connectivity index is 1.30.